The smallest absolute Gasteiger partial charge is 0.252 e. The van der Waals surface area contributed by atoms with Gasteiger partial charge >= 0.3 is 0 Å². The Bertz CT molecular complexity index is 685. The second-order valence-electron chi connectivity index (χ2n) is 6.42. The molecule has 0 spiro atoms. The molecule has 1 aliphatic heterocycles. The largest absolute Gasteiger partial charge is 0.379 e. The van der Waals surface area contributed by atoms with Gasteiger partial charge in [-0.05, 0) is 24.6 Å². The zero-order chi connectivity index (χ0) is 18.2. The van der Waals surface area contributed by atoms with Crippen LogP contribution in [-0.4, -0.2) is 55.2 Å². The van der Waals surface area contributed by atoms with Crippen LogP contribution >= 0.6 is 0 Å². The molecule has 2 aromatic rings. The average molecular weight is 354 g/mol. The number of rotatable bonds is 7. The molecule has 2 heterocycles. The maximum absolute atomic E-state index is 12.2. The van der Waals surface area contributed by atoms with Crippen molar-refractivity contribution in [3.05, 3.63) is 59.8 Å². The third-order valence-corrected chi connectivity index (χ3v) is 4.51. The van der Waals surface area contributed by atoms with Crippen LogP contribution in [0.15, 0.2) is 48.7 Å². The molecular formula is C20H26N4O2. The predicted octanol–water partition coefficient (Wildman–Crippen LogP) is 2.32. The van der Waals surface area contributed by atoms with E-state index in [0.29, 0.717) is 12.1 Å². The van der Waals surface area contributed by atoms with E-state index in [0.717, 1.165) is 38.7 Å². The molecule has 0 radical (unpaired) electrons. The van der Waals surface area contributed by atoms with Crippen molar-refractivity contribution in [1.29, 1.82) is 0 Å². The molecule has 0 aliphatic carbocycles. The first-order valence-corrected chi connectivity index (χ1v) is 9.08. The Kier molecular flexibility index (Phi) is 6.57. The van der Waals surface area contributed by atoms with Crippen LogP contribution in [0, 0.1) is 0 Å². The van der Waals surface area contributed by atoms with Crippen LogP contribution in [0.3, 0.4) is 0 Å². The van der Waals surface area contributed by atoms with E-state index < -0.39 is 0 Å². The van der Waals surface area contributed by atoms with E-state index in [1.54, 1.807) is 12.3 Å². The number of carbonyl (C=O) groups is 1. The molecule has 2 N–H and O–H groups in total. The van der Waals surface area contributed by atoms with Crippen LogP contribution in [0.4, 0.5) is 5.82 Å². The van der Waals surface area contributed by atoms with Crippen molar-refractivity contribution in [2.24, 2.45) is 0 Å². The number of nitrogens with one attached hydrogen (secondary N) is 2. The number of hydrogen-bond donors (Lipinski definition) is 2. The summed E-state index contributed by atoms with van der Waals surface area (Å²) < 4.78 is 5.32. The minimum Gasteiger partial charge on any atom is -0.379 e. The number of anilines is 1. The number of ether oxygens (including phenoxy) is 1. The number of benzene rings is 1. The number of nitrogens with zero attached hydrogens (tertiary/aromatic N) is 2. The maximum Gasteiger partial charge on any atom is 0.252 e. The fourth-order valence-electron chi connectivity index (χ4n) is 2.91. The lowest BCUT2D eigenvalue weighted by Crippen LogP contribution is -2.41. The summed E-state index contributed by atoms with van der Waals surface area (Å²) in [5, 5.41) is 6.30. The van der Waals surface area contributed by atoms with Gasteiger partial charge in [0.15, 0.2) is 0 Å². The minimum atomic E-state index is -0.0894. The van der Waals surface area contributed by atoms with Gasteiger partial charge < -0.3 is 15.4 Å². The summed E-state index contributed by atoms with van der Waals surface area (Å²) in [6.45, 7) is 6.96. The fourth-order valence-corrected chi connectivity index (χ4v) is 2.91. The first kappa shape index (κ1) is 18.4. The van der Waals surface area contributed by atoms with E-state index >= 15 is 0 Å². The number of hydrogen-bond acceptors (Lipinski definition) is 5. The quantitative estimate of drug-likeness (QED) is 0.799. The van der Waals surface area contributed by atoms with Crippen molar-refractivity contribution in [1.82, 2.24) is 15.2 Å². The topological polar surface area (TPSA) is 66.5 Å². The molecule has 1 aromatic carbocycles. The molecule has 0 saturated carbocycles. The van der Waals surface area contributed by atoms with Crippen molar-refractivity contribution in [3.8, 4) is 0 Å². The van der Waals surface area contributed by atoms with Crippen molar-refractivity contribution < 1.29 is 9.53 Å². The van der Waals surface area contributed by atoms with Gasteiger partial charge in [0.2, 0.25) is 0 Å². The summed E-state index contributed by atoms with van der Waals surface area (Å²) in [6, 6.07) is 14.0. The highest BCUT2D eigenvalue weighted by Gasteiger charge is 2.11. The van der Waals surface area contributed by atoms with Gasteiger partial charge in [0.1, 0.15) is 5.82 Å². The van der Waals surface area contributed by atoms with Crippen LogP contribution < -0.4 is 10.6 Å². The highest BCUT2D eigenvalue weighted by Crippen LogP contribution is 2.17. The van der Waals surface area contributed by atoms with Crippen LogP contribution in [0.25, 0.3) is 0 Å². The third kappa shape index (κ3) is 5.28. The van der Waals surface area contributed by atoms with Crippen LogP contribution in [0.2, 0.25) is 0 Å². The van der Waals surface area contributed by atoms with Gasteiger partial charge in [-0.15, -0.1) is 0 Å². The van der Waals surface area contributed by atoms with Crippen LogP contribution in [-0.2, 0) is 4.74 Å². The van der Waals surface area contributed by atoms with Crippen molar-refractivity contribution >= 4 is 11.7 Å². The van der Waals surface area contributed by atoms with Crippen molar-refractivity contribution in [2.45, 2.75) is 13.0 Å². The molecule has 6 heteroatoms. The van der Waals surface area contributed by atoms with E-state index in [-0.39, 0.29) is 11.9 Å². The number of aromatic nitrogens is 1. The highest BCUT2D eigenvalue weighted by molar-refractivity contribution is 5.94. The minimum absolute atomic E-state index is 0.0894. The summed E-state index contributed by atoms with van der Waals surface area (Å²) in [6.07, 6.45) is 1.62. The van der Waals surface area contributed by atoms with Crippen LogP contribution in [0.5, 0.6) is 0 Å². The SMILES string of the molecule is CC(Nc1ccc(C(=O)NCCN2CCOCC2)cn1)c1ccccc1. The monoisotopic (exact) mass is 354 g/mol. The summed E-state index contributed by atoms with van der Waals surface area (Å²) >= 11 is 0. The van der Waals surface area contributed by atoms with Gasteiger partial charge in [0, 0.05) is 38.4 Å². The molecule has 26 heavy (non-hydrogen) atoms. The Balaban J connectivity index is 1.46. The zero-order valence-electron chi connectivity index (χ0n) is 15.1. The molecule has 1 aliphatic rings. The number of carbonyl (C=O) groups excluding carboxylic acids is 1. The summed E-state index contributed by atoms with van der Waals surface area (Å²) in [5.41, 5.74) is 1.77. The second-order valence-corrected chi connectivity index (χ2v) is 6.42. The molecule has 3 rings (SSSR count). The Morgan fingerprint density at radius 2 is 1.96 bits per heavy atom. The Morgan fingerprint density at radius 1 is 1.19 bits per heavy atom. The molecule has 1 aromatic heterocycles. The lowest BCUT2D eigenvalue weighted by Gasteiger charge is -2.26. The Labute approximate surface area is 154 Å². The summed E-state index contributed by atoms with van der Waals surface area (Å²) in [7, 11) is 0. The van der Waals surface area contributed by atoms with Crippen molar-refractivity contribution in [3.63, 3.8) is 0 Å². The van der Waals surface area contributed by atoms with E-state index in [4.69, 9.17) is 4.74 Å². The number of amides is 1. The zero-order valence-corrected chi connectivity index (χ0v) is 15.1. The Morgan fingerprint density at radius 3 is 2.65 bits per heavy atom. The first-order valence-electron chi connectivity index (χ1n) is 9.08. The molecule has 138 valence electrons. The molecule has 6 nitrogen and oxygen atoms in total. The van der Waals surface area contributed by atoms with Gasteiger partial charge in [-0.2, -0.15) is 0 Å². The summed E-state index contributed by atoms with van der Waals surface area (Å²) in [4.78, 5) is 18.9. The Hall–Kier alpha value is -2.44. The number of morpholine rings is 1. The van der Waals surface area contributed by atoms with Crippen molar-refractivity contribution in [2.75, 3.05) is 44.7 Å². The molecule has 1 atom stereocenters. The van der Waals surface area contributed by atoms with Gasteiger partial charge in [-0.25, -0.2) is 4.98 Å². The normalized spacial score (nSPS) is 16.0. The molecular weight excluding hydrogens is 328 g/mol. The first-order chi connectivity index (χ1) is 12.7. The summed E-state index contributed by atoms with van der Waals surface area (Å²) in [5.74, 6) is 0.666. The molecule has 1 unspecified atom stereocenters. The fraction of sp³-hybridized carbons (Fsp3) is 0.400. The van der Waals surface area contributed by atoms with Gasteiger partial charge in [-0.1, -0.05) is 30.3 Å². The van der Waals surface area contributed by atoms with Gasteiger partial charge in [-0.3, -0.25) is 9.69 Å². The third-order valence-electron chi connectivity index (χ3n) is 4.51. The van der Waals surface area contributed by atoms with E-state index in [1.165, 1.54) is 5.56 Å². The lowest BCUT2D eigenvalue weighted by atomic mass is 10.1. The maximum atomic E-state index is 12.2. The lowest BCUT2D eigenvalue weighted by molar-refractivity contribution is 0.0383. The molecule has 0 bridgehead atoms. The van der Waals surface area contributed by atoms with E-state index in [2.05, 4.69) is 39.6 Å². The standard InChI is InChI=1S/C20H26N4O2/c1-16(17-5-3-2-4-6-17)23-19-8-7-18(15-22-19)20(25)21-9-10-24-11-13-26-14-12-24/h2-8,15-16H,9-14H2,1H3,(H,21,25)(H,22,23). The van der Waals surface area contributed by atoms with Crippen LogP contribution in [0.1, 0.15) is 28.9 Å². The number of pyridine rings is 1. The predicted molar refractivity (Wildman–Crippen MR) is 102 cm³/mol. The average Bonchev–Trinajstić information content (AvgIpc) is 2.70. The molecule has 1 fully saturated rings. The van der Waals surface area contributed by atoms with Gasteiger partial charge in [0.05, 0.1) is 18.8 Å². The van der Waals surface area contributed by atoms with Gasteiger partial charge in [0.25, 0.3) is 5.91 Å². The molecule has 1 saturated heterocycles. The van der Waals surface area contributed by atoms with E-state index in [9.17, 15) is 4.79 Å². The van der Waals surface area contributed by atoms with E-state index in [1.807, 2.05) is 24.3 Å². The molecule has 1 amide bonds. The second kappa shape index (κ2) is 9.31. The highest BCUT2D eigenvalue weighted by atomic mass is 16.5.